The number of ketones is 3. The molecule has 2 aromatic carbocycles. The Kier molecular flexibility index (Phi) is 5.26. The molecule has 0 atom stereocenters. The maximum Gasteiger partial charge on any atom is 0.419 e. The Morgan fingerprint density at radius 2 is 1.62 bits per heavy atom. The summed E-state index contributed by atoms with van der Waals surface area (Å²) in [5.41, 5.74) is 0.881. The third-order valence-corrected chi connectivity index (χ3v) is 5.00. The van der Waals surface area contributed by atoms with Crippen LogP contribution in [0.15, 0.2) is 66.5 Å². The van der Waals surface area contributed by atoms with Crippen LogP contribution in [-0.2, 0) is 4.74 Å². The number of fused-ring (bicyclic) bond motifs is 2. The predicted octanol–water partition coefficient (Wildman–Crippen LogP) is 4.16. The van der Waals surface area contributed by atoms with E-state index in [1.165, 1.54) is 16.8 Å². The van der Waals surface area contributed by atoms with Crippen LogP contribution >= 0.6 is 0 Å². The molecule has 0 spiro atoms. The quantitative estimate of drug-likeness (QED) is 0.625. The second kappa shape index (κ2) is 7.92. The smallest absolute Gasteiger partial charge is 0.419 e. The van der Waals surface area contributed by atoms with Gasteiger partial charge in [0.05, 0.1) is 17.8 Å². The molecule has 7 heteroatoms. The largest absolute Gasteiger partial charge is 0.443 e. The molecule has 1 aliphatic rings. The fourth-order valence-corrected chi connectivity index (χ4v) is 3.58. The third-order valence-electron chi connectivity index (χ3n) is 5.00. The number of hydrogen-bond acceptors (Lipinski definition) is 6. The Morgan fingerprint density at radius 3 is 2.34 bits per heavy atom. The summed E-state index contributed by atoms with van der Waals surface area (Å²) in [4.78, 5) is 50.6. The Bertz CT molecular complexity index is 1310. The van der Waals surface area contributed by atoms with Crippen LogP contribution in [0.3, 0.4) is 0 Å². The first-order valence-electron chi connectivity index (χ1n) is 10.2. The number of benzene rings is 2. The van der Waals surface area contributed by atoms with Crippen LogP contribution in [0, 0.1) is 0 Å². The van der Waals surface area contributed by atoms with Crippen molar-refractivity contribution in [3.8, 4) is 0 Å². The minimum atomic E-state index is -0.690. The number of carbonyl (C=O) groups excluding carboxylic acids is 4. The number of para-hydroxylation sites is 1. The van der Waals surface area contributed by atoms with Crippen LogP contribution in [0.25, 0.3) is 10.9 Å². The molecule has 32 heavy (non-hydrogen) atoms. The van der Waals surface area contributed by atoms with Crippen molar-refractivity contribution in [1.82, 2.24) is 9.88 Å². The van der Waals surface area contributed by atoms with E-state index < -0.39 is 11.7 Å². The normalized spacial score (nSPS) is 13.5. The molecule has 162 valence electrons. The predicted molar refractivity (Wildman–Crippen MR) is 119 cm³/mol. The zero-order chi connectivity index (χ0) is 23.0. The van der Waals surface area contributed by atoms with Crippen LogP contribution in [0.1, 0.15) is 51.8 Å². The average Bonchev–Trinajstić information content (AvgIpc) is 3.14. The molecule has 1 N–H and O–H groups in total. The Balaban J connectivity index is 1.58. The first-order valence-corrected chi connectivity index (χ1v) is 10.2. The molecule has 0 saturated heterocycles. The SMILES string of the molecule is CC(C)(C)OC(=O)n1cc(C(=O)CNC2=CC(=O)c3ccccc3C2=O)c2ccccc21. The molecule has 3 aromatic rings. The van der Waals surface area contributed by atoms with Crippen molar-refractivity contribution in [2.75, 3.05) is 6.54 Å². The van der Waals surface area contributed by atoms with Gasteiger partial charge in [0, 0.05) is 34.3 Å². The lowest BCUT2D eigenvalue weighted by molar-refractivity contribution is 0.0544. The maximum absolute atomic E-state index is 13.0. The fourth-order valence-electron chi connectivity index (χ4n) is 3.58. The van der Waals surface area contributed by atoms with E-state index in [4.69, 9.17) is 4.74 Å². The summed E-state index contributed by atoms with van der Waals surface area (Å²) in [6.45, 7) is 5.08. The summed E-state index contributed by atoms with van der Waals surface area (Å²) < 4.78 is 6.75. The lowest BCUT2D eigenvalue weighted by Gasteiger charge is -2.19. The molecule has 0 radical (unpaired) electrons. The summed E-state index contributed by atoms with van der Waals surface area (Å²) in [7, 11) is 0. The van der Waals surface area contributed by atoms with Crippen molar-refractivity contribution >= 4 is 34.3 Å². The number of nitrogens with one attached hydrogen (secondary N) is 1. The topological polar surface area (TPSA) is 94.5 Å². The first-order chi connectivity index (χ1) is 15.2. The average molecular weight is 430 g/mol. The highest BCUT2D eigenvalue weighted by atomic mass is 16.6. The first kappa shape index (κ1) is 21.2. The molecular formula is C25H22N2O5. The molecule has 0 aliphatic heterocycles. The van der Waals surface area contributed by atoms with Gasteiger partial charge in [-0.05, 0) is 26.8 Å². The van der Waals surface area contributed by atoms with Gasteiger partial charge in [-0.25, -0.2) is 4.79 Å². The molecule has 1 aliphatic carbocycles. The molecule has 0 bridgehead atoms. The molecule has 0 saturated carbocycles. The fraction of sp³-hybridized carbons (Fsp3) is 0.200. The number of aromatic nitrogens is 1. The maximum atomic E-state index is 13.0. The van der Waals surface area contributed by atoms with E-state index in [1.54, 1.807) is 69.3 Å². The second-order valence-electron chi connectivity index (χ2n) is 8.48. The van der Waals surface area contributed by atoms with Gasteiger partial charge in [-0.3, -0.25) is 19.0 Å². The summed E-state index contributed by atoms with van der Waals surface area (Å²) in [6.07, 6.45) is 2.07. The van der Waals surface area contributed by atoms with Crippen molar-refractivity contribution < 1.29 is 23.9 Å². The van der Waals surface area contributed by atoms with Gasteiger partial charge in [-0.2, -0.15) is 0 Å². The van der Waals surface area contributed by atoms with Gasteiger partial charge in [0.25, 0.3) is 0 Å². The summed E-state index contributed by atoms with van der Waals surface area (Å²) in [5.74, 6) is -0.968. The van der Waals surface area contributed by atoms with Gasteiger partial charge >= 0.3 is 6.09 Å². The number of Topliss-reactive ketones (excluding diaryl/α,β-unsaturated/α-hetero) is 2. The molecule has 0 amide bonds. The number of rotatable bonds is 4. The molecule has 7 nitrogen and oxygen atoms in total. The molecule has 1 aromatic heterocycles. The Morgan fingerprint density at radius 1 is 0.969 bits per heavy atom. The third kappa shape index (κ3) is 3.97. The Hall–Kier alpha value is -4.00. The highest BCUT2D eigenvalue weighted by Crippen LogP contribution is 2.24. The van der Waals surface area contributed by atoms with E-state index in [2.05, 4.69) is 5.32 Å². The van der Waals surface area contributed by atoms with Crippen LogP contribution in [0.5, 0.6) is 0 Å². The monoisotopic (exact) mass is 430 g/mol. The van der Waals surface area contributed by atoms with Gasteiger partial charge in [0.1, 0.15) is 5.60 Å². The molecule has 0 unspecified atom stereocenters. The van der Waals surface area contributed by atoms with Crippen molar-refractivity contribution in [2.24, 2.45) is 0 Å². The number of nitrogens with zero attached hydrogens (tertiary/aromatic N) is 1. The lowest BCUT2D eigenvalue weighted by Crippen LogP contribution is -2.30. The molecule has 1 heterocycles. The number of ether oxygens (including phenoxy) is 1. The minimum absolute atomic E-state index is 0.0675. The van der Waals surface area contributed by atoms with Crippen molar-refractivity contribution in [3.05, 3.63) is 83.2 Å². The summed E-state index contributed by atoms with van der Waals surface area (Å²) >= 11 is 0. The van der Waals surface area contributed by atoms with Crippen molar-refractivity contribution in [2.45, 2.75) is 26.4 Å². The van der Waals surface area contributed by atoms with Crippen LogP contribution in [0.2, 0.25) is 0 Å². The van der Waals surface area contributed by atoms with E-state index in [9.17, 15) is 19.2 Å². The molecule has 0 fully saturated rings. The minimum Gasteiger partial charge on any atom is -0.443 e. The van der Waals surface area contributed by atoms with Gasteiger partial charge in [0.2, 0.25) is 5.78 Å². The van der Waals surface area contributed by atoms with E-state index >= 15 is 0 Å². The van der Waals surface area contributed by atoms with Gasteiger partial charge in [-0.15, -0.1) is 0 Å². The highest BCUT2D eigenvalue weighted by Gasteiger charge is 2.26. The number of allylic oxidation sites excluding steroid dienone is 2. The molecular weight excluding hydrogens is 408 g/mol. The van der Waals surface area contributed by atoms with E-state index in [0.29, 0.717) is 27.6 Å². The van der Waals surface area contributed by atoms with Crippen LogP contribution in [-0.4, -0.2) is 40.2 Å². The lowest BCUT2D eigenvalue weighted by atomic mass is 9.92. The Labute approximate surface area is 184 Å². The van der Waals surface area contributed by atoms with Crippen LogP contribution in [0.4, 0.5) is 4.79 Å². The standard InChI is InChI=1S/C25H22N2O5/c1-25(2,3)32-24(31)27-14-18(15-8-6-7-11-20(15)27)22(29)13-26-19-12-21(28)16-9-4-5-10-17(16)23(19)30/h4-12,14,26H,13H2,1-3H3. The summed E-state index contributed by atoms with van der Waals surface area (Å²) in [6, 6.07) is 13.6. The number of hydrogen-bond donors (Lipinski definition) is 1. The number of carbonyl (C=O) groups is 4. The highest BCUT2D eigenvalue weighted by molar-refractivity contribution is 6.24. The zero-order valence-electron chi connectivity index (χ0n) is 18.0. The van der Waals surface area contributed by atoms with Gasteiger partial charge in [0.15, 0.2) is 11.6 Å². The van der Waals surface area contributed by atoms with E-state index in [0.717, 1.165) is 0 Å². The van der Waals surface area contributed by atoms with Gasteiger partial charge < -0.3 is 10.1 Å². The molecule has 4 rings (SSSR count). The zero-order valence-corrected chi connectivity index (χ0v) is 18.0. The summed E-state index contributed by atoms with van der Waals surface area (Å²) in [5, 5.41) is 3.39. The van der Waals surface area contributed by atoms with Crippen molar-refractivity contribution in [1.29, 1.82) is 0 Å². The van der Waals surface area contributed by atoms with Crippen LogP contribution < -0.4 is 5.32 Å². The van der Waals surface area contributed by atoms with Crippen molar-refractivity contribution in [3.63, 3.8) is 0 Å². The van der Waals surface area contributed by atoms with E-state index in [-0.39, 0.29) is 29.6 Å². The van der Waals surface area contributed by atoms with E-state index in [1.807, 2.05) is 0 Å². The van der Waals surface area contributed by atoms with Gasteiger partial charge in [-0.1, -0.05) is 42.5 Å². The second-order valence-corrected chi connectivity index (χ2v) is 8.48.